The molecule has 1 aromatic carbocycles. The Labute approximate surface area is 240 Å². The van der Waals surface area contributed by atoms with E-state index in [0.29, 0.717) is 5.56 Å². The van der Waals surface area contributed by atoms with Gasteiger partial charge >= 0.3 is 0 Å². The Morgan fingerprint density at radius 1 is 0.925 bits per heavy atom. The smallest absolute Gasteiger partial charge is 0.103 e. The fraction of sp³-hybridized carbons (Fsp3) is 0.382. The predicted octanol–water partition coefficient (Wildman–Crippen LogP) is 9.24. The summed E-state index contributed by atoms with van der Waals surface area (Å²) in [5.74, 6) is 0. The number of anilines is 2. The molecule has 4 rings (SSSR count). The van der Waals surface area contributed by atoms with E-state index in [1.165, 1.54) is 12.8 Å². The first-order chi connectivity index (χ1) is 19.5. The zero-order valence-corrected chi connectivity index (χ0v) is 25.1. The maximum absolute atomic E-state index is 9.61. The first kappa shape index (κ1) is 32.3. The average Bonchev–Trinajstić information content (AvgIpc) is 3.48. The van der Waals surface area contributed by atoms with Crippen molar-refractivity contribution in [2.75, 3.05) is 18.5 Å². The zero-order valence-electron chi connectivity index (χ0n) is 25.1. The van der Waals surface area contributed by atoms with Gasteiger partial charge in [-0.2, -0.15) is 5.26 Å². The van der Waals surface area contributed by atoms with Gasteiger partial charge in [0, 0.05) is 59.7 Å². The lowest BCUT2D eigenvalue weighted by Gasteiger charge is -2.14. The minimum absolute atomic E-state index is 0.496. The summed E-state index contributed by atoms with van der Waals surface area (Å²) in [5.41, 5.74) is 7.16. The molecular weight excluding hydrogens is 494 g/mol. The molecule has 0 saturated heterocycles. The second-order valence-corrected chi connectivity index (χ2v) is 9.42. The molecule has 3 heterocycles. The Bertz CT molecular complexity index is 1360. The number of rotatable bonds is 10. The topological polar surface area (TPSA) is 86.6 Å². The highest BCUT2D eigenvalue weighted by atomic mass is 16.5. The van der Waals surface area contributed by atoms with Gasteiger partial charge in [-0.1, -0.05) is 53.5 Å². The van der Waals surface area contributed by atoms with Crippen LogP contribution in [-0.4, -0.2) is 28.2 Å². The summed E-state index contributed by atoms with van der Waals surface area (Å²) in [4.78, 5) is 12.1. The Morgan fingerprint density at radius 2 is 1.68 bits per heavy atom. The normalized spacial score (nSPS) is 10.4. The number of nitriles is 1. The quantitative estimate of drug-likeness (QED) is 0.196. The highest BCUT2D eigenvalue weighted by Gasteiger charge is 2.11. The third kappa shape index (κ3) is 9.98. The summed E-state index contributed by atoms with van der Waals surface area (Å²) in [7, 11) is 0. The molecule has 0 radical (unpaired) electrons. The van der Waals surface area contributed by atoms with Gasteiger partial charge in [0.2, 0.25) is 0 Å². The molecule has 212 valence electrons. The largest absolute Gasteiger partial charge is 0.381 e. The summed E-state index contributed by atoms with van der Waals surface area (Å²) in [6.45, 7) is 14.6. The molecule has 0 aliphatic carbocycles. The lowest BCUT2D eigenvalue weighted by molar-refractivity contribution is 0.135. The fourth-order valence-electron chi connectivity index (χ4n) is 3.74. The van der Waals surface area contributed by atoms with Gasteiger partial charge in [0.15, 0.2) is 0 Å². The monoisotopic (exact) mass is 539 g/mol. The molecule has 0 atom stereocenters. The second kappa shape index (κ2) is 18.4. The van der Waals surface area contributed by atoms with E-state index in [9.17, 15) is 5.26 Å². The Hall–Kier alpha value is -3.95. The number of unbranched alkanes of at least 4 members (excludes halogenated alkanes) is 1. The minimum Gasteiger partial charge on any atom is -0.381 e. The second-order valence-electron chi connectivity index (χ2n) is 9.42. The highest BCUT2D eigenvalue weighted by molar-refractivity contribution is 5.90. The molecule has 3 aromatic heterocycles. The van der Waals surface area contributed by atoms with E-state index < -0.39 is 0 Å². The van der Waals surface area contributed by atoms with Crippen LogP contribution in [0, 0.1) is 18.3 Å². The Balaban J connectivity index is 0.000000434. The van der Waals surface area contributed by atoms with Gasteiger partial charge in [0.1, 0.15) is 6.07 Å². The number of nitrogens with one attached hydrogen (secondary N) is 2. The number of aryl methyl sites for hydroxylation is 2. The molecule has 0 aliphatic heterocycles. The molecule has 0 saturated carbocycles. The number of H-pyrrole nitrogens is 1. The predicted molar refractivity (Wildman–Crippen MR) is 170 cm³/mol. The maximum Gasteiger partial charge on any atom is 0.103 e. The highest BCUT2D eigenvalue weighted by Crippen LogP contribution is 2.31. The first-order valence-electron chi connectivity index (χ1n) is 14.5. The van der Waals surface area contributed by atoms with Crippen LogP contribution in [0.1, 0.15) is 88.4 Å². The zero-order chi connectivity index (χ0) is 29.2. The molecule has 0 amide bonds. The van der Waals surface area contributed by atoms with E-state index in [4.69, 9.17) is 4.74 Å². The van der Waals surface area contributed by atoms with E-state index in [2.05, 4.69) is 73.9 Å². The van der Waals surface area contributed by atoms with E-state index >= 15 is 0 Å². The van der Waals surface area contributed by atoms with E-state index in [0.717, 1.165) is 77.3 Å². The number of nitrogens with zero attached hydrogens (tertiary/aromatic N) is 3. The molecule has 2 N–H and O–H groups in total. The van der Waals surface area contributed by atoms with Crippen LogP contribution in [-0.2, 0) is 11.2 Å². The maximum atomic E-state index is 9.61. The molecule has 0 aliphatic rings. The van der Waals surface area contributed by atoms with Crippen molar-refractivity contribution in [1.82, 2.24) is 15.0 Å². The molecule has 0 spiro atoms. The van der Waals surface area contributed by atoms with Gasteiger partial charge in [-0.3, -0.25) is 9.97 Å². The van der Waals surface area contributed by atoms with Crippen molar-refractivity contribution in [2.24, 2.45) is 0 Å². The van der Waals surface area contributed by atoms with Crippen LogP contribution in [0.4, 0.5) is 11.4 Å². The number of ether oxygens (including phenoxy) is 1. The summed E-state index contributed by atoms with van der Waals surface area (Å²) in [5, 5.41) is 14.2. The average molecular weight is 540 g/mol. The molecular formula is C34H45N5O. The fourth-order valence-corrected chi connectivity index (χ4v) is 3.74. The van der Waals surface area contributed by atoms with Crippen LogP contribution in [0.2, 0.25) is 0 Å². The summed E-state index contributed by atoms with van der Waals surface area (Å²) in [6.07, 6.45) is 15.0. The van der Waals surface area contributed by atoms with Crippen LogP contribution >= 0.6 is 0 Å². The third-order valence-electron chi connectivity index (χ3n) is 6.18. The van der Waals surface area contributed by atoms with Crippen LogP contribution < -0.4 is 5.32 Å². The number of benzene rings is 1. The number of fused-ring (bicyclic) bond motifs is 1. The van der Waals surface area contributed by atoms with Crippen LogP contribution in [0.3, 0.4) is 0 Å². The van der Waals surface area contributed by atoms with E-state index in [1.54, 1.807) is 12.4 Å². The lowest BCUT2D eigenvalue weighted by Crippen LogP contribution is -1.99. The first-order valence-corrected chi connectivity index (χ1v) is 14.5. The van der Waals surface area contributed by atoms with Crippen molar-refractivity contribution >= 4 is 34.4 Å². The van der Waals surface area contributed by atoms with E-state index in [1.807, 2.05) is 48.7 Å². The standard InChI is InChI=1S/C24H21N5.C6H14O.C4H10/c1-3-19-5-4-6-20(28-19)8-7-17-14-26-15-18(13-25)24(17)29-22-9-10-23-21(16(22)2)11-12-27-23;1-3-5-7-6-4-2;1-3-4-2/h4-12,14-15,27H,3H2,1-2H3,(H,26,29);3-6H2,1-2H3;3-4H2,1-2H3/b8-7+;;. The van der Waals surface area contributed by atoms with Gasteiger partial charge in [0.05, 0.1) is 16.9 Å². The van der Waals surface area contributed by atoms with Gasteiger partial charge < -0.3 is 15.0 Å². The van der Waals surface area contributed by atoms with Crippen LogP contribution in [0.5, 0.6) is 0 Å². The van der Waals surface area contributed by atoms with Crippen molar-refractivity contribution in [1.29, 1.82) is 5.26 Å². The summed E-state index contributed by atoms with van der Waals surface area (Å²) < 4.78 is 5.13. The molecule has 4 aromatic rings. The van der Waals surface area contributed by atoms with E-state index in [-0.39, 0.29) is 0 Å². The summed E-state index contributed by atoms with van der Waals surface area (Å²) in [6, 6.07) is 14.3. The van der Waals surface area contributed by atoms with Gasteiger partial charge in [-0.05, 0) is 74.2 Å². The molecule has 0 fully saturated rings. The van der Waals surface area contributed by atoms with Gasteiger partial charge in [-0.25, -0.2) is 0 Å². The van der Waals surface area contributed by atoms with Crippen LogP contribution in [0.15, 0.2) is 55.0 Å². The number of hydrogen-bond donors (Lipinski definition) is 2. The molecule has 0 bridgehead atoms. The molecule has 0 unspecified atom stereocenters. The molecule has 6 heteroatoms. The number of pyridine rings is 2. The van der Waals surface area contributed by atoms with Crippen molar-refractivity contribution in [3.8, 4) is 6.07 Å². The molecule has 40 heavy (non-hydrogen) atoms. The minimum atomic E-state index is 0.496. The van der Waals surface area contributed by atoms with Gasteiger partial charge in [-0.15, -0.1) is 0 Å². The van der Waals surface area contributed by atoms with Crippen molar-refractivity contribution in [2.45, 2.75) is 73.6 Å². The Kier molecular flexibility index (Phi) is 14.8. The van der Waals surface area contributed by atoms with Crippen molar-refractivity contribution < 1.29 is 4.74 Å². The van der Waals surface area contributed by atoms with Crippen molar-refractivity contribution in [3.63, 3.8) is 0 Å². The molecule has 6 nitrogen and oxygen atoms in total. The van der Waals surface area contributed by atoms with Crippen molar-refractivity contribution in [3.05, 3.63) is 83.1 Å². The van der Waals surface area contributed by atoms with Crippen LogP contribution in [0.25, 0.3) is 23.1 Å². The SMILES string of the molecule is CCCC.CCCOCCC.CCc1cccc(/C=C/c2cncc(C#N)c2Nc2ccc3[nH]ccc3c2C)n1. The number of hydrogen-bond acceptors (Lipinski definition) is 5. The lowest BCUT2D eigenvalue weighted by atomic mass is 10.1. The van der Waals surface area contributed by atoms with Gasteiger partial charge in [0.25, 0.3) is 0 Å². The Morgan fingerprint density at radius 3 is 2.33 bits per heavy atom. The third-order valence-corrected chi connectivity index (χ3v) is 6.18. The number of aromatic nitrogens is 3. The number of aromatic amines is 1. The summed E-state index contributed by atoms with van der Waals surface area (Å²) >= 11 is 0.